The highest BCUT2D eigenvalue weighted by Gasteiger charge is 2.12. The first-order valence-corrected chi connectivity index (χ1v) is 6.64. The van der Waals surface area contributed by atoms with Gasteiger partial charge in [-0.2, -0.15) is 5.10 Å². The Labute approximate surface area is 118 Å². The first-order chi connectivity index (χ1) is 9.51. The standard InChI is InChI=1S/C15H20FN3O/c1-10(2)19-7-6-12(18-19)9-14(17)11-4-5-13(16)15(8-11)20-3/h4-8,10,14H,9,17H2,1-3H3. The van der Waals surface area contributed by atoms with E-state index in [0.717, 1.165) is 11.3 Å². The molecule has 0 spiro atoms. The molecule has 0 bridgehead atoms. The second kappa shape index (κ2) is 6.05. The molecule has 2 rings (SSSR count). The molecule has 0 fully saturated rings. The van der Waals surface area contributed by atoms with Crippen molar-refractivity contribution in [2.75, 3.05) is 7.11 Å². The van der Waals surface area contributed by atoms with Crippen LogP contribution in [0.1, 0.15) is 37.2 Å². The molecule has 0 aliphatic rings. The molecule has 0 aliphatic heterocycles. The van der Waals surface area contributed by atoms with Gasteiger partial charge in [0.05, 0.1) is 12.8 Å². The summed E-state index contributed by atoms with van der Waals surface area (Å²) < 4.78 is 20.2. The summed E-state index contributed by atoms with van der Waals surface area (Å²) in [6, 6.07) is 6.74. The van der Waals surface area contributed by atoms with E-state index in [-0.39, 0.29) is 17.6 Å². The molecule has 1 heterocycles. The Morgan fingerprint density at radius 2 is 2.10 bits per heavy atom. The molecule has 0 saturated heterocycles. The fourth-order valence-corrected chi connectivity index (χ4v) is 2.02. The first-order valence-electron chi connectivity index (χ1n) is 6.64. The van der Waals surface area contributed by atoms with Crippen molar-refractivity contribution in [1.29, 1.82) is 0 Å². The van der Waals surface area contributed by atoms with Gasteiger partial charge in [0.2, 0.25) is 0 Å². The molecule has 0 saturated carbocycles. The zero-order chi connectivity index (χ0) is 14.7. The number of hydrogen-bond donors (Lipinski definition) is 1. The van der Waals surface area contributed by atoms with E-state index in [0.29, 0.717) is 12.5 Å². The fourth-order valence-electron chi connectivity index (χ4n) is 2.02. The first kappa shape index (κ1) is 14.5. The molecule has 0 amide bonds. The van der Waals surface area contributed by atoms with E-state index in [1.807, 2.05) is 16.9 Å². The second-order valence-corrected chi connectivity index (χ2v) is 5.09. The van der Waals surface area contributed by atoms with E-state index in [4.69, 9.17) is 10.5 Å². The predicted molar refractivity (Wildman–Crippen MR) is 76.2 cm³/mol. The maximum absolute atomic E-state index is 13.4. The van der Waals surface area contributed by atoms with Crippen molar-refractivity contribution in [3.8, 4) is 5.75 Å². The minimum absolute atomic E-state index is 0.214. The molecule has 5 heteroatoms. The van der Waals surface area contributed by atoms with Crippen LogP contribution in [-0.2, 0) is 6.42 Å². The fraction of sp³-hybridized carbons (Fsp3) is 0.400. The second-order valence-electron chi connectivity index (χ2n) is 5.09. The zero-order valence-corrected chi connectivity index (χ0v) is 12.0. The number of nitrogens with zero attached hydrogens (tertiary/aromatic N) is 2. The Morgan fingerprint density at radius 1 is 1.35 bits per heavy atom. The van der Waals surface area contributed by atoms with Gasteiger partial charge in [-0.25, -0.2) is 4.39 Å². The lowest BCUT2D eigenvalue weighted by atomic mass is 10.0. The summed E-state index contributed by atoms with van der Waals surface area (Å²) in [6.07, 6.45) is 2.55. The summed E-state index contributed by atoms with van der Waals surface area (Å²) in [7, 11) is 1.44. The van der Waals surface area contributed by atoms with Crippen molar-refractivity contribution in [1.82, 2.24) is 9.78 Å². The lowest BCUT2D eigenvalue weighted by Gasteiger charge is -2.12. The van der Waals surface area contributed by atoms with Gasteiger partial charge in [-0.3, -0.25) is 4.68 Å². The van der Waals surface area contributed by atoms with Gasteiger partial charge in [-0.05, 0) is 37.6 Å². The van der Waals surface area contributed by atoms with Crippen molar-refractivity contribution in [2.45, 2.75) is 32.4 Å². The largest absolute Gasteiger partial charge is 0.494 e. The third kappa shape index (κ3) is 3.17. The Hall–Kier alpha value is -1.88. The Kier molecular flexibility index (Phi) is 4.39. The van der Waals surface area contributed by atoms with Crippen LogP contribution < -0.4 is 10.5 Å². The number of benzene rings is 1. The third-order valence-electron chi connectivity index (χ3n) is 3.23. The highest BCUT2D eigenvalue weighted by atomic mass is 19.1. The van der Waals surface area contributed by atoms with E-state index in [9.17, 15) is 4.39 Å². The van der Waals surface area contributed by atoms with Crippen LogP contribution in [-0.4, -0.2) is 16.9 Å². The van der Waals surface area contributed by atoms with Crippen LogP contribution >= 0.6 is 0 Å². The minimum atomic E-state index is -0.382. The van der Waals surface area contributed by atoms with Crippen LogP contribution in [0.5, 0.6) is 5.75 Å². The Morgan fingerprint density at radius 3 is 2.70 bits per heavy atom. The molecule has 4 nitrogen and oxygen atoms in total. The summed E-state index contributed by atoms with van der Waals surface area (Å²) in [5.74, 6) is -0.168. The molecule has 1 atom stereocenters. The number of ether oxygens (including phenoxy) is 1. The number of methoxy groups -OCH3 is 1. The van der Waals surface area contributed by atoms with Crippen molar-refractivity contribution in [3.05, 3.63) is 47.5 Å². The van der Waals surface area contributed by atoms with Crippen molar-refractivity contribution < 1.29 is 9.13 Å². The number of hydrogen-bond acceptors (Lipinski definition) is 3. The molecule has 2 aromatic rings. The SMILES string of the molecule is COc1cc(C(N)Cc2ccn(C(C)C)n2)ccc1F. The van der Waals surface area contributed by atoms with Crippen LogP contribution in [0.25, 0.3) is 0 Å². The van der Waals surface area contributed by atoms with Crippen molar-refractivity contribution >= 4 is 0 Å². The highest BCUT2D eigenvalue weighted by molar-refractivity contribution is 5.32. The van der Waals surface area contributed by atoms with E-state index in [1.54, 1.807) is 12.1 Å². The minimum Gasteiger partial charge on any atom is -0.494 e. The lowest BCUT2D eigenvalue weighted by Crippen LogP contribution is -2.14. The quantitative estimate of drug-likeness (QED) is 0.914. The number of aromatic nitrogens is 2. The summed E-state index contributed by atoms with van der Waals surface area (Å²) in [5.41, 5.74) is 7.92. The van der Waals surface area contributed by atoms with Crippen LogP contribution in [0.2, 0.25) is 0 Å². The average Bonchev–Trinajstić information content (AvgIpc) is 2.88. The smallest absolute Gasteiger partial charge is 0.165 e. The van der Waals surface area contributed by atoms with E-state index in [2.05, 4.69) is 18.9 Å². The summed E-state index contributed by atoms with van der Waals surface area (Å²) in [4.78, 5) is 0. The van der Waals surface area contributed by atoms with Crippen molar-refractivity contribution in [3.63, 3.8) is 0 Å². The summed E-state index contributed by atoms with van der Waals surface area (Å²) >= 11 is 0. The van der Waals surface area contributed by atoms with Gasteiger partial charge in [-0.15, -0.1) is 0 Å². The van der Waals surface area contributed by atoms with Gasteiger partial charge in [-0.1, -0.05) is 6.07 Å². The zero-order valence-electron chi connectivity index (χ0n) is 12.0. The number of rotatable bonds is 5. The van der Waals surface area contributed by atoms with Crippen LogP contribution in [0.15, 0.2) is 30.5 Å². The molecule has 1 aromatic heterocycles. The number of nitrogens with two attached hydrogens (primary N) is 1. The topological polar surface area (TPSA) is 53.1 Å². The average molecular weight is 277 g/mol. The molecule has 0 radical (unpaired) electrons. The van der Waals surface area contributed by atoms with E-state index < -0.39 is 0 Å². The van der Waals surface area contributed by atoms with Crippen LogP contribution in [0, 0.1) is 5.82 Å². The van der Waals surface area contributed by atoms with Gasteiger partial charge in [0, 0.05) is 24.7 Å². The predicted octanol–water partition coefficient (Wildman–Crippen LogP) is 2.85. The Bertz CT molecular complexity index is 580. The summed E-state index contributed by atoms with van der Waals surface area (Å²) in [6.45, 7) is 4.14. The maximum Gasteiger partial charge on any atom is 0.165 e. The molecule has 108 valence electrons. The molecular formula is C15H20FN3O. The van der Waals surface area contributed by atoms with Gasteiger partial charge >= 0.3 is 0 Å². The number of halogens is 1. The van der Waals surface area contributed by atoms with Gasteiger partial charge in [0.25, 0.3) is 0 Å². The van der Waals surface area contributed by atoms with E-state index in [1.165, 1.54) is 13.2 Å². The van der Waals surface area contributed by atoms with Gasteiger partial charge < -0.3 is 10.5 Å². The normalized spacial score (nSPS) is 12.7. The lowest BCUT2D eigenvalue weighted by molar-refractivity contribution is 0.385. The monoisotopic (exact) mass is 277 g/mol. The summed E-state index contributed by atoms with van der Waals surface area (Å²) in [5, 5.41) is 4.47. The molecule has 2 N–H and O–H groups in total. The van der Waals surface area contributed by atoms with Gasteiger partial charge in [0.1, 0.15) is 0 Å². The molecule has 0 aliphatic carbocycles. The van der Waals surface area contributed by atoms with E-state index >= 15 is 0 Å². The maximum atomic E-state index is 13.4. The molecule has 1 aromatic carbocycles. The molecule has 20 heavy (non-hydrogen) atoms. The molecular weight excluding hydrogens is 257 g/mol. The third-order valence-corrected chi connectivity index (χ3v) is 3.23. The highest BCUT2D eigenvalue weighted by Crippen LogP contribution is 2.23. The van der Waals surface area contributed by atoms with Gasteiger partial charge in [0.15, 0.2) is 11.6 Å². The molecule has 1 unspecified atom stereocenters. The Balaban J connectivity index is 2.12. The van der Waals surface area contributed by atoms with Crippen molar-refractivity contribution in [2.24, 2.45) is 5.73 Å². The van der Waals surface area contributed by atoms with Crippen LogP contribution in [0.4, 0.5) is 4.39 Å². The van der Waals surface area contributed by atoms with Crippen LogP contribution in [0.3, 0.4) is 0 Å².